The normalized spacial score (nSPS) is 9.95. The van der Waals surface area contributed by atoms with E-state index in [-0.39, 0.29) is 22.8 Å². The zero-order valence-corrected chi connectivity index (χ0v) is 11.1. The number of carbonyl (C=O) groups is 2. The Bertz CT molecular complexity index is 724. The Hall–Kier alpha value is -3.02. The van der Waals surface area contributed by atoms with Gasteiger partial charge >= 0.3 is 5.97 Å². The third kappa shape index (κ3) is 3.50. The Labute approximate surface area is 120 Å². The van der Waals surface area contributed by atoms with E-state index < -0.39 is 10.9 Å². The quantitative estimate of drug-likeness (QED) is 0.283. The molecule has 0 fully saturated rings. The van der Waals surface area contributed by atoms with Crippen LogP contribution in [0, 0.1) is 10.1 Å². The van der Waals surface area contributed by atoms with Gasteiger partial charge in [0.15, 0.2) is 5.78 Å². The highest BCUT2D eigenvalue weighted by Crippen LogP contribution is 2.18. The number of nitrogens with zero attached hydrogens (tertiary/aromatic N) is 1. The summed E-state index contributed by atoms with van der Waals surface area (Å²) < 4.78 is 5.11. The van der Waals surface area contributed by atoms with E-state index in [0.717, 1.165) is 6.07 Å². The van der Waals surface area contributed by atoms with Crippen LogP contribution in [-0.2, 0) is 0 Å². The highest BCUT2D eigenvalue weighted by molar-refractivity contribution is 5.95. The first-order valence-electron chi connectivity index (χ1n) is 6.05. The van der Waals surface area contributed by atoms with Gasteiger partial charge in [-0.25, -0.2) is 4.79 Å². The standard InChI is InChI=1S/C15H11NO5/c1-10(17)11-4-3-7-14(9-11)21-15(18)12-5-2-6-13(8-12)16(19)20/h2-9H,1H3. The molecule has 2 aromatic carbocycles. The number of benzene rings is 2. The molecular weight excluding hydrogens is 274 g/mol. The molecule has 0 saturated carbocycles. The molecule has 0 heterocycles. The van der Waals surface area contributed by atoms with Crippen molar-refractivity contribution in [3.63, 3.8) is 0 Å². The van der Waals surface area contributed by atoms with Gasteiger partial charge in [-0.1, -0.05) is 18.2 Å². The Morgan fingerprint density at radius 2 is 1.71 bits per heavy atom. The number of hydrogen-bond donors (Lipinski definition) is 0. The van der Waals surface area contributed by atoms with Crippen molar-refractivity contribution in [3.8, 4) is 5.75 Å². The van der Waals surface area contributed by atoms with Crippen LogP contribution >= 0.6 is 0 Å². The van der Waals surface area contributed by atoms with Crippen LogP contribution in [0.3, 0.4) is 0 Å². The molecule has 21 heavy (non-hydrogen) atoms. The zero-order valence-electron chi connectivity index (χ0n) is 11.1. The van der Waals surface area contributed by atoms with Gasteiger partial charge in [0, 0.05) is 17.7 Å². The molecular formula is C15H11NO5. The fraction of sp³-hybridized carbons (Fsp3) is 0.0667. The maximum Gasteiger partial charge on any atom is 0.343 e. The van der Waals surface area contributed by atoms with Crippen LogP contribution in [0.2, 0.25) is 0 Å². The molecule has 6 nitrogen and oxygen atoms in total. The van der Waals surface area contributed by atoms with Crippen molar-refractivity contribution in [2.45, 2.75) is 6.92 Å². The molecule has 0 aliphatic heterocycles. The summed E-state index contributed by atoms with van der Waals surface area (Å²) >= 11 is 0. The predicted molar refractivity (Wildman–Crippen MR) is 74.5 cm³/mol. The maximum absolute atomic E-state index is 11.9. The van der Waals surface area contributed by atoms with Crippen LogP contribution in [0.15, 0.2) is 48.5 Å². The fourth-order valence-corrected chi connectivity index (χ4v) is 1.69. The minimum absolute atomic E-state index is 0.0671. The summed E-state index contributed by atoms with van der Waals surface area (Å²) in [6.07, 6.45) is 0. The van der Waals surface area contributed by atoms with Crippen molar-refractivity contribution in [3.05, 3.63) is 69.8 Å². The van der Waals surface area contributed by atoms with E-state index in [0.29, 0.717) is 5.56 Å². The molecule has 0 saturated heterocycles. The first-order valence-corrected chi connectivity index (χ1v) is 6.05. The lowest BCUT2D eigenvalue weighted by atomic mass is 10.1. The minimum atomic E-state index is -0.723. The summed E-state index contributed by atoms with van der Waals surface area (Å²) in [4.78, 5) is 33.3. The van der Waals surface area contributed by atoms with E-state index in [1.807, 2.05) is 0 Å². The summed E-state index contributed by atoms with van der Waals surface area (Å²) in [6.45, 7) is 1.40. The van der Waals surface area contributed by atoms with Crippen molar-refractivity contribution in [1.82, 2.24) is 0 Å². The highest BCUT2D eigenvalue weighted by Gasteiger charge is 2.13. The molecule has 2 rings (SSSR count). The van der Waals surface area contributed by atoms with Gasteiger partial charge in [0.25, 0.3) is 5.69 Å². The number of nitro groups is 1. The molecule has 0 spiro atoms. The lowest BCUT2D eigenvalue weighted by Crippen LogP contribution is -2.09. The summed E-state index contributed by atoms with van der Waals surface area (Å²) in [6, 6.07) is 11.4. The van der Waals surface area contributed by atoms with Crippen LogP contribution < -0.4 is 4.74 Å². The minimum Gasteiger partial charge on any atom is -0.423 e. The van der Waals surface area contributed by atoms with Crippen LogP contribution in [0.25, 0.3) is 0 Å². The van der Waals surface area contributed by atoms with Crippen LogP contribution in [0.1, 0.15) is 27.6 Å². The summed E-state index contributed by atoms with van der Waals surface area (Å²) in [5, 5.41) is 10.7. The van der Waals surface area contributed by atoms with Crippen LogP contribution in [-0.4, -0.2) is 16.7 Å². The average Bonchev–Trinajstić information content (AvgIpc) is 2.47. The monoisotopic (exact) mass is 285 g/mol. The van der Waals surface area contributed by atoms with Gasteiger partial charge < -0.3 is 4.74 Å². The lowest BCUT2D eigenvalue weighted by Gasteiger charge is -2.05. The number of nitro benzene ring substituents is 1. The largest absolute Gasteiger partial charge is 0.423 e. The predicted octanol–water partition coefficient (Wildman–Crippen LogP) is 3.02. The summed E-state index contributed by atoms with van der Waals surface area (Å²) in [7, 11) is 0. The number of hydrogen-bond acceptors (Lipinski definition) is 5. The third-order valence-electron chi connectivity index (χ3n) is 2.74. The van der Waals surface area contributed by atoms with Gasteiger partial charge in [0.1, 0.15) is 5.75 Å². The van der Waals surface area contributed by atoms with Gasteiger partial charge in [-0.2, -0.15) is 0 Å². The SMILES string of the molecule is CC(=O)c1cccc(OC(=O)c2cccc([N+](=O)[O-])c2)c1. The summed E-state index contributed by atoms with van der Waals surface area (Å²) in [5.74, 6) is -0.665. The number of Topliss-reactive ketones (excluding diaryl/α,β-unsaturated/α-hetero) is 1. The van der Waals surface area contributed by atoms with Gasteiger partial charge in [-0.15, -0.1) is 0 Å². The van der Waals surface area contributed by atoms with Gasteiger partial charge in [0.2, 0.25) is 0 Å². The molecule has 0 atom stereocenters. The molecule has 0 radical (unpaired) electrons. The number of non-ortho nitro benzene ring substituents is 1. The zero-order chi connectivity index (χ0) is 15.4. The van der Waals surface area contributed by atoms with Gasteiger partial charge in [-0.05, 0) is 25.1 Å². The Morgan fingerprint density at radius 1 is 1.05 bits per heavy atom. The molecule has 0 bridgehead atoms. The van der Waals surface area contributed by atoms with E-state index in [4.69, 9.17) is 4.74 Å². The number of esters is 1. The van der Waals surface area contributed by atoms with Crippen molar-refractivity contribution in [2.75, 3.05) is 0 Å². The Kier molecular flexibility index (Phi) is 4.08. The summed E-state index contributed by atoms with van der Waals surface area (Å²) in [5.41, 5.74) is 0.290. The topological polar surface area (TPSA) is 86.5 Å². The first kappa shape index (κ1) is 14.4. The van der Waals surface area contributed by atoms with E-state index in [9.17, 15) is 19.7 Å². The second kappa shape index (κ2) is 5.96. The smallest absolute Gasteiger partial charge is 0.343 e. The number of carbonyl (C=O) groups excluding carboxylic acids is 2. The molecule has 6 heteroatoms. The van der Waals surface area contributed by atoms with Crippen molar-refractivity contribution in [2.24, 2.45) is 0 Å². The molecule has 0 aromatic heterocycles. The molecule has 0 N–H and O–H groups in total. The van der Waals surface area contributed by atoms with Gasteiger partial charge in [0.05, 0.1) is 10.5 Å². The molecule has 2 aromatic rings. The van der Waals surface area contributed by atoms with E-state index in [1.165, 1.54) is 37.3 Å². The van der Waals surface area contributed by atoms with Crippen LogP contribution in [0.5, 0.6) is 5.75 Å². The second-order valence-corrected chi connectivity index (χ2v) is 4.28. The maximum atomic E-state index is 11.9. The molecule has 0 aliphatic carbocycles. The van der Waals surface area contributed by atoms with E-state index in [2.05, 4.69) is 0 Å². The average molecular weight is 285 g/mol. The van der Waals surface area contributed by atoms with Gasteiger partial charge in [-0.3, -0.25) is 14.9 Å². The first-order chi connectivity index (χ1) is 9.97. The van der Waals surface area contributed by atoms with Crippen molar-refractivity contribution < 1.29 is 19.2 Å². The Morgan fingerprint density at radius 3 is 2.38 bits per heavy atom. The van der Waals surface area contributed by atoms with E-state index in [1.54, 1.807) is 12.1 Å². The number of rotatable bonds is 4. The highest BCUT2D eigenvalue weighted by atomic mass is 16.6. The second-order valence-electron chi connectivity index (χ2n) is 4.28. The molecule has 0 unspecified atom stereocenters. The van der Waals surface area contributed by atoms with Crippen LogP contribution in [0.4, 0.5) is 5.69 Å². The van der Waals surface area contributed by atoms with E-state index >= 15 is 0 Å². The Balaban J connectivity index is 2.22. The fourth-order valence-electron chi connectivity index (χ4n) is 1.69. The van der Waals surface area contributed by atoms with Crippen molar-refractivity contribution >= 4 is 17.4 Å². The van der Waals surface area contributed by atoms with Crippen molar-refractivity contribution in [1.29, 1.82) is 0 Å². The molecule has 0 amide bonds. The number of ether oxygens (including phenoxy) is 1. The number of ketones is 1. The molecule has 106 valence electrons. The molecule has 0 aliphatic rings. The third-order valence-corrected chi connectivity index (χ3v) is 2.74. The lowest BCUT2D eigenvalue weighted by molar-refractivity contribution is -0.384.